The van der Waals surface area contributed by atoms with E-state index in [1.807, 2.05) is 11.8 Å². The zero-order chi connectivity index (χ0) is 13.9. The SMILES string of the molecule is C1=CCC/C=C(/CCSCCSc2ccccc2)C=C1. The van der Waals surface area contributed by atoms with Gasteiger partial charge in [0.05, 0.1) is 0 Å². The molecular formula is C18H22S2. The summed E-state index contributed by atoms with van der Waals surface area (Å²) in [4.78, 5) is 1.38. The fourth-order valence-electron chi connectivity index (χ4n) is 2.00. The summed E-state index contributed by atoms with van der Waals surface area (Å²) in [6.45, 7) is 0. The number of thioether (sulfide) groups is 2. The Morgan fingerprint density at radius 1 is 0.900 bits per heavy atom. The van der Waals surface area contributed by atoms with Crippen molar-refractivity contribution in [2.45, 2.75) is 24.2 Å². The lowest BCUT2D eigenvalue weighted by molar-refractivity contribution is 1.01. The fourth-order valence-corrected chi connectivity index (χ4v) is 3.97. The molecule has 1 aromatic rings. The van der Waals surface area contributed by atoms with Gasteiger partial charge in [-0.05, 0) is 37.1 Å². The molecular weight excluding hydrogens is 280 g/mol. The summed E-state index contributed by atoms with van der Waals surface area (Å²) in [6.07, 6.45) is 14.8. The molecule has 0 saturated heterocycles. The molecule has 106 valence electrons. The normalized spacial score (nSPS) is 17.3. The summed E-state index contributed by atoms with van der Waals surface area (Å²) in [5.41, 5.74) is 1.50. The summed E-state index contributed by atoms with van der Waals surface area (Å²) in [7, 11) is 0. The van der Waals surface area contributed by atoms with E-state index in [1.165, 1.54) is 47.0 Å². The summed E-state index contributed by atoms with van der Waals surface area (Å²) < 4.78 is 0. The van der Waals surface area contributed by atoms with Crippen molar-refractivity contribution in [1.82, 2.24) is 0 Å². The van der Waals surface area contributed by atoms with Crippen LogP contribution in [-0.4, -0.2) is 17.3 Å². The van der Waals surface area contributed by atoms with Gasteiger partial charge in [-0.2, -0.15) is 11.8 Å². The van der Waals surface area contributed by atoms with Crippen LogP contribution >= 0.6 is 23.5 Å². The zero-order valence-corrected chi connectivity index (χ0v) is 13.5. The van der Waals surface area contributed by atoms with Gasteiger partial charge in [0.1, 0.15) is 0 Å². The van der Waals surface area contributed by atoms with Gasteiger partial charge < -0.3 is 0 Å². The predicted octanol–water partition coefficient (Wildman–Crippen LogP) is 5.73. The van der Waals surface area contributed by atoms with Gasteiger partial charge in [0.15, 0.2) is 0 Å². The first-order valence-corrected chi connectivity index (χ1v) is 9.37. The van der Waals surface area contributed by atoms with Gasteiger partial charge in [0, 0.05) is 16.4 Å². The molecule has 0 saturated carbocycles. The van der Waals surface area contributed by atoms with Crippen LogP contribution in [0.25, 0.3) is 0 Å². The number of benzene rings is 1. The Labute approximate surface area is 131 Å². The van der Waals surface area contributed by atoms with Gasteiger partial charge in [-0.3, -0.25) is 0 Å². The van der Waals surface area contributed by atoms with Gasteiger partial charge in [-0.1, -0.05) is 54.2 Å². The first kappa shape index (κ1) is 15.5. The Kier molecular flexibility index (Phi) is 7.73. The standard InChI is InChI=1S/C18H22S2/c1-2-5-9-17(10-6-3-1)13-14-19-15-16-20-18-11-7-4-8-12-18/h1-2,4-5,7-12H,3,6,13-16H2/b2-1?,9-5?,17-10+. The molecule has 0 bridgehead atoms. The Morgan fingerprint density at radius 3 is 2.70 bits per heavy atom. The van der Waals surface area contributed by atoms with Gasteiger partial charge in [0.2, 0.25) is 0 Å². The molecule has 0 N–H and O–H groups in total. The number of hydrogen-bond acceptors (Lipinski definition) is 2. The highest BCUT2D eigenvalue weighted by molar-refractivity contribution is 8.02. The van der Waals surface area contributed by atoms with Crippen LogP contribution in [0.5, 0.6) is 0 Å². The molecule has 1 aliphatic rings. The van der Waals surface area contributed by atoms with E-state index in [9.17, 15) is 0 Å². The van der Waals surface area contributed by atoms with Crippen LogP contribution in [0.1, 0.15) is 19.3 Å². The van der Waals surface area contributed by atoms with E-state index in [1.54, 1.807) is 0 Å². The molecule has 1 aliphatic carbocycles. The highest BCUT2D eigenvalue weighted by Crippen LogP contribution is 2.19. The van der Waals surface area contributed by atoms with Crippen molar-refractivity contribution in [3.8, 4) is 0 Å². The second-order valence-corrected chi connectivity index (χ2v) is 7.06. The molecule has 20 heavy (non-hydrogen) atoms. The van der Waals surface area contributed by atoms with Crippen LogP contribution in [0.2, 0.25) is 0 Å². The van der Waals surface area contributed by atoms with Crippen molar-refractivity contribution in [1.29, 1.82) is 0 Å². The van der Waals surface area contributed by atoms with Crippen LogP contribution < -0.4 is 0 Å². The average molecular weight is 303 g/mol. The van der Waals surface area contributed by atoms with E-state index in [-0.39, 0.29) is 0 Å². The first-order chi connectivity index (χ1) is 9.95. The van der Waals surface area contributed by atoms with Crippen molar-refractivity contribution in [3.05, 3.63) is 66.3 Å². The molecule has 0 aliphatic heterocycles. The molecule has 0 nitrogen and oxygen atoms in total. The zero-order valence-electron chi connectivity index (χ0n) is 11.8. The Hall–Kier alpha value is -0.860. The summed E-state index contributed by atoms with van der Waals surface area (Å²) in [5, 5.41) is 0. The summed E-state index contributed by atoms with van der Waals surface area (Å²) in [6, 6.07) is 10.7. The Balaban J connectivity index is 1.56. The molecule has 0 aromatic heterocycles. The smallest absolute Gasteiger partial charge is 0.00722 e. The fraction of sp³-hybridized carbons (Fsp3) is 0.333. The Bertz CT molecular complexity index is 458. The molecule has 0 atom stereocenters. The van der Waals surface area contributed by atoms with Crippen molar-refractivity contribution in [2.75, 3.05) is 17.3 Å². The van der Waals surface area contributed by atoms with E-state index in [4.69, 9.17) is 0 Å². The van der Waals surface area contributed by atoms with Crippen molar-refractivity contribution >= 4 is 23.5 Å². The third kappa shape index (κ3) is 6.53. The lowest BCUT2D eigenvalue weighted by atomic mass is 10.1. The number of hydrogen-bond donors (Lipinski definition) is 0. The maximum Gasteiger partial charge on any atom is 0.00722 e. The van der Waals surface area contributed by atoms with Crippen LogP contribution in [0, 0.1) is 0 Å². The number of rotatable bonds is 7. The molecule has 1 aromatic carbocycles. The first-order valence-electron chi connectivity index (χ1n) is 7.23. The van der Waals surface area contributed by atoms with Crippen molar-refractivity contribution in [3.63, 3.8) is 0 Å². The minimum Gasteiger partial charge on any atom is -0.161 e. The molecule has 0 amide bonds. The van der Waals surface area contributed by atoms with E-state index >= 15 is 0 Å². The molecule has 0 radical (unpaired) electrons. The van der Waals surface area contributed by atoms with Crippen LogP contribution in [0.3, 0.4) is 0 Å². The van der Waals surface area contributed by atoms with E-state index in [0.29, 0.717) is 0 Å². The second-order valence-electron chi connectivity index (χ2n) is 4.67. The lowest BCUT2D eigenvalue weighted by Crippen LogP contribution is -1.89. The van der Waals surface area contributed by atoms with Gasteiger partial charge in [-0.15, -0.1) is 11.8 Å². The third-order valence-electron chi connectivity index (χ3n) is 3.07. The quantitative estimate of drug-likeness (QED) is 0.465. The van der Waals surface area contributed by atoms with Gasteiger partial charge in [-0.25, -0.2) is 0 Å². The highest BCUT2D eigenvalue weighted by atomic mass is 32.2. The van der Waals surface area contributed by atoms with Crippen LogP contribution in [0.4, 0.5) is 0 Å². The molecule has 0 spiro atoms. The summed E-state index contributed by atoms with van der Waals surface area (Å²) >= 11 is 4.02. The second kappa shape index (κ2) is 9.95. The van der Waals surface area contributed by atoms with E-state index < -0.39 is 0 Å². The maximum atomic E-state index is 2.39. The largest absolute Gasteiger partial charge is 0.161 e. The van der Waals surface area contributed by atoms with Crippen LogP contribution in [-0.2, 0) is 0 Å². The number of allylic oxidation sites excluding steroid dienone is 6. The molecule has 2 heteroatoms. The highest BCUT2D eigenvalue weighted by Gasteiger charge is 1.97. The summed E-state index contributed by atoms with van der Waals surface area (Å²) in [5.74, 6) is 3.66. The monoisotopic (exact) mass is 302 g/mol. The molecule has 2 rings (SSSR count). The van der Waals surface area contributed by atoms with E-state index in [0.717, 1.165) is 0 Å². The van der Waals surface area contributed by atoms with Crippen LogP contribution in [0.15, 0.2) is 71.2 Å². The lowest BCUT2D eigenvalue weighted by Gasteiger charge is -2.05. The van der Waals surface area contributed by atoms with Gasteiger partial charge in [0.25, 0.3) is 0 Å². The minimum absolute atomic E-state index is 1.18. The Morgan fingerprint density at radius 2 is 1.80 bits per heavy atom. The van der Waals surface area contributed by atoms with E-state index in [2.05, 4.69) is 72.5 Å². The third-order valence-corrected chi connectivity index (χ3v) is 5.33. The molecule has 0 heterocycles. The molecule has 0 unspecified atom stereocenters. The average Bonchev–Trinajstić information content (AvgIpc) is 2.45. The minimum atomic E-state index is 1.18. The molecule has 0 fully saturated rings. The maximum absolute atomic E-state index is 2.39. The topological polar surface area (TPSA) is 0 Å². The predicted molar refractivity (Wildman–Crippen MR) is 94.7 cm³/mol. The van der Waals surface area contributed by atoms with Gasteiger partial charge >= 0.3 is 0 Å². The van der Waals surface area contributed by atoms with Crippen molar-refractivity contribution in [2.24, 2.45) is 0 Å². The van der Waals surface area contributed by atoms with Crippen molar-refractivity contribution < 1.29 is 0 Å².